The Bertz CT molecular complexity index is 1640. The number of aliphatic hydroxyl groups is 3. The van der Waals surface area contributed by atoms with Gasteiger partial charge in [-0.25, -0.2) is 9.59 Å². The van der Waals surface area contributed by atoms with Crippen LogP contribution in [0.5, 0.6) is 5.75 Å². The summed E-state index contributed by atoms with van der Waals surface area (Å²) in [6.45, 7) is 8.69. The van der Waals surface area contributed by atoms with E-state index < -0.39 is 42.6 Å². The first-order valence-corrected chi connectivity index (χ1v) is 16.4. The molecule has 3 fully saturated rings. The first kappa shape index (κ1) is 34.1. The van der Waals surface area contributed by atoms with E-state index in [-0.39, 0.29) is 29.9 Å². The molecular formula is C36H44N2O10. The van der Waals surface area contributed by atoms with E-state index in [0.717, 1.165) is 59.0 Å². The topological polar surface area (TPSA) is 160 Å². The van der Waals surface area contributed by atoms with Crippen LogP contribution in [0.25, 0.3) is 10.9 Å². The minimum absolute atomic E-state index is 0.0911. The molecule has 2 aromatic carbocycles. The lowest BCUT2D eigenvalue weighted by Crippen LogP contribution is -2.60. The van der Waals surface area contributed by atoms with Crippen LogP contribution in [-0.4, -0.2) is 100 Å². The van der Waals surface area contributed by atoms with Crippen molar-refractivity contribution in [2.24, 2.45) is 0 Å². The van der Waals surface area contributed by atoms with E-state index in [1.807, 2.05) is 25.3 Å². The monoisotopic (exact) mass is 664 g/mol. The largest absolute Gasteiger partial charge is 0.496 e. The number of aromatic amines is 1. The Hall–Kier alpha value is -3.78. The first-order valence-electron chi connectivity index (χ1n) is 16.4. The molecule has 6 rings (SSSR count). The zero-order chi connectivity index (χ0) is 34.2. The van der Waals surface area contributed by atoms with Crippen LogP contribution in [0.2, 0.25) is 0 Å². The SMILES string of the molecule is C=CCOC(=O)[C@H]1O[C@@H](OC(=O)c2ccc(C34CC[C@H](C[C@H](OCC)C3)N4Cc3c(OC)cc(C)c4[nH]ccc34)cc2)[C@H](O)[C@@H](O)[C@@H]1O. The van der Waals surface area contributed by atoms with Gasteiger partial charge in [0.2, 0.25) is 6.29 Å². The zero-order valence-corrected chi connectivity index (χ0v) is 27.5. The molecule has 258 valence electrons. The molecule has 0 aliphatic carbocycles. The third-order valence-corrected chi connectivity index (χ3v) is 10.1. The van der Waals surface area contributed by atoms with Gasteiger partial charge < -0.3 is 44.0 Å². The lowest BCUT2D eigenvalue weighted by atomic mass is 9.79. The molecule has 0 radical (unpaired) electrons. The van der Waals surface area contributed by atoms with Crippen molar-refractivity contribution >= 4 is 22.8 Å². The van der Waals surface area contributed by atoms with Crippen LogP contribution in [0.15, 0.2) is 55.3 Å². The molecular weight excluding hydrogens is 620 g/mol. The van der Waals surface area contributed by atoms with E-state index in [9.17, 15) is 24.9 Å². The minimum atomic E-state index is -1.81. The third-order valence-electron chi connectivity index (χ3n) is 10.1. The average Bonchev–Trinajstić information content (AvgIpc) is 3.66. The van der Waals surface area contributed by atoms with Gasteiger partial charge in [-0.15, -0.1) is 0 Å². The van der Waals surface area contributed by atoms with Crippen LogP contribution in [0, 0.1) is 6.92 Å². The Morgan fingerprint density at radius 2 is 1.92 bits per heavy atom. The van der Waals surface area contributed by atoms with Crippen LogP contribution in [0.1, 0.15) is 59.7 Å². The second kappa shape index (κ2) is 14.0. The number of carbonyl (C=O) groups is 2. The van der Waals surface area contributed by atoms with Gasteiger partial charge in [-0.3, -0.25) is 4.90 Å². The molecule has 4 heterocycles. The molecule has 0 spiro atoms. The molecule has 3 aliphatic heterocycles. The fourth-order valence-electron chi connectivity index (χ4n) is 7.76. The number of fused-ring (bicyclic) bond motifs is 3. The zero-order valence-electron chi connectivity index (χ0n) is 27.5. The normalized spacial score (nSPS) is 30.2. The third kappa shape index (κ3) is 6.13. The van der Waals surface area contributed by atoms with E-state index >= 15 is 0 Å². The Labute approximate surface area is 279 Å². The number of aryl methyl sites for hydroxylation is 1. The van der Waals surface area contributed by atoms with E-state index in [0.29, 0.717) is 13.2 Å². The van der Waals surface area contributed by atoms with Crippen molar-refractivity contribution < 1.29 is 48.6 Å². The Morgan fingerprint density at radius 1 is 1.15 bits per heavy atom. The number of esters is 2. The predicted octanol–water partition coefficient (Wildman–Crippen LogP) is 3.24. The highest BCUT2D eigenvalue weighted by atomic mass is 16.7. The molecule has 3 aliphatic rings. The minimum Gasteiger partial charge on any atom is -0.496 e. The molecule has 0 amide bonds. The number of rotatable bonds is 11. The predicted molar refractivity (Wildman–Crippen MR) is 174 cm³/mol. The van der Waals surface area contributed by atoms with Gasteiger partial charge in [0.25, 0.3) is 0 Å². The van der Waals surface area contributed by atoms with Crippen molar-refractivity contribution in [3.05, 3.63) is 77.5 Å². The molecule has 8 atom stereocenters. The van der Waals surface area contributed by atoms with E-state index in [1.54, 1.807) is 19.2 Å². The second-order valence-electron chi connectivity index (χ2n) is 12.8. The highest BCUT2D eigenvalue weighted by molar-refractivity contribution is 5.90. The summed E-state index contributed by atoms with van der Waals surface area (Å²) in [5, 5.41) is 32.2. The molecule has 12 heteroatoms. The highest BCUT2D eigenvalue weighted by Gasteiger charge is 2.53. The summed E-state index contributed by atoms with van der Waals surface area (Å²) in [5.41, 5.74) is 4.20. The molecule has 12 nitrogen and oxygen atoms in total. The van der Waals surface area contributed by atoms with Gasteiger partial charge in [0.15, 0.2) is 6.10 Å². The summed E-state index contributed by atoms with van der Waals surface area (Å²) in [7, 11) is 1.70. The lowest BCUT2D eigenvalue weighted by Gasteiger charge is -2.48. The van der Waals surface area contributed by atoms with Crippen LogP contribution in [0.4, 0.5) is 0 Å². The number of ether oxygens (including phenoxy) is 5. The summed E-state index contributed by atoms with van der Waals surface area (Å²) >= 11 is 0. The van der Waals surface area contributed by atoms with Crippen LogP contribution < -0.4 is 4.74 Å². The quantitative estimate of drug-likeness (QED) is 0.176. The standard InChI is InChI=1S/C36H44N2O10/c1-5-15-46-34(43)32-30(40)29(39)31(41)35(47-32)48-33(42)21-7-9-22(10-8-21)36-13-11-23(17-24(18-36)45-6-2)38(36)19-26-25-12-14-37-28(25)20(3)16-27(26)44-4/h5,7-10,12,14,16,23-24,29-32,35,37,39-41H,1,6,11,13,15,17-19H2,2-4H3/t23-,24+,29+,30+,31-,32+,35+,36?/m1/s1. The van der Waals surface area contributed by atoms with Gasteiger partial charge in [0.1, 0.15) is 30.7 Å². The summed E-state index contributed by atoms with van der Waals surface area (Å²) < 4.78 is 27.8. The number of benzene rings is 2. The smallest absolute Gasteiger partial charge is 0.340 e. The van der Waals surface area contributed by atoms with E-state index in [2.05, 4.69) is 35.5 Å². The molecule has 4 N–H and O–H groups in total. The number of aromatic nitrogens is 1. The number of H-pyrrole nitrogens is 1. The number of nitrogens with one attached hydrogen (secondary N) is 1. The highest BCUT2D eigenvalue weighted by Crippen LogP contribution is 2.53. The summed E-state index contributed by atoms with van der Waals surface area (Å²) in [6.07, 6.45) is -1.78. The van der Waals surface area contributed by atoms with Gasteiger partial charge >= 0.3 is 11.9 Å². The number of aliphatic hydroxyl groups excluding tert-OH is 3. The van der Waals surface area contributed by atoms with Crippen molar-refractivity contribution in [1.29, 1.82) is 0 Å². The van der Waals surface area contributed by atoms with E-state index in [1.165, 1.54) is 6.08 Å². The van der Waals surface area contributed by atoms with Crippen molar-refractivity contribution in [1.82, 2.24) is 9.88 Å². The van der Waals surface area contributed by atoms with Gasteiger partial charge in [0.05, 0.1) is 18.8 Å². The van der Waals surface area contributed by atoms with Gasteiger partial charge in [-0.2, -0.15) is 0 Å². The van der Waals surface area contributed by atoms with Gasteiger partial charge in [-0.05, 0) is 74.9 Å². The van der Waals surface area contributed by atoms with Crippen LogP contribution >= 0.6 is 0 Å². The Morgan fingerprint density at radius 3 is 2.62 bits per heavy atom. The second-order valence-corrected chi connectivity index (χ2v) is 12.8. The lowest BCUT2D eigenvalue weighted by molar-refractivity contribution is -0.279. The van der Waals surface area contributed by atoms with Crippen molar-refractivity contribution in [2.75, 3.05) is 20.3 Å². The average molecular weight is 665 g/mol. The number of methoxy groups -OCH3 is 1. The molecule has 1 aromatic heterocycles. The van der Waals surface area contributed by atoms with Crippen molar-refractivity contribution in [3.8, 4) is 5.75 Å². The number of nitrogens with zero attached hydrogens (tertiary/aromatic N) is 1. The molecule has 3 aromatic rings. The summed E-state index contributed by atoms with van der Waals surface area (Å²) in [4.78, 5) is 31.6. The number of hydrogen-bond donors (Lipinski definition) is 4. The number of hydrogen-bond acceptors (Lipinski definition) is 11. The van der Waals surface area contributed by atoms with Crippen LogP contribution in [0.3, 0.4) is 0 Å². The summed E-state index contributed by atoms with van der Waals surface area (Å²) in [6, 6.07) is 11.6. The molecule has 48 heavy (non-hydrogen) atoms. The Balaban J connectivity index is 1.25. The number of carbonyl (C=O) groups excluding carboxylic acids is 2. The maximum absolute atomic E-state index is 13.2. The molecule has 0 saturated carbocycles. The molecule has 1 unspecified atom stereocenters. The van der Waals surface area contributed by atoms with Crippen LogP contribution in [-0.2, 0) is 35.8 Å². The fourth-order valence-corrected chi connectivity index (χ4v) is 7.76. The molecule has 3 saturated heterocycles. The van der Waals surface area contributed by atoms with Gasteiger partial charge in [0, 0.05) is 47.4 Å². The van der Waals surface area contributed by atoms with Gasteiger partial charge in [-0.1, -0.05) is 24.8 Å². The van der Waals surface area contributed by atoms with E-state index in [4.69, 9.17) is 23.7 Å². The maximum atomic E-state index is 13.2. The first-order chi connectivity index (χ1) is 23.1. The maximum Gasteiger partial charge on any atom is 0.340 e. The van der Waals surface area contributed by atoms with Crippen molar-refractivity contribution in [3.63, 3.8) is 0 Å². The fraction of sp³-hybridized carbons (Fsp3) is 0.500. The summed E-state index contributed by atoms with van der Waals surface area (Å²) in [5.74, 6) is -0.975. The number of piperidine rings is 1. The van der Waals surface area contributed by atoms with Crippen molar-refractivity contribution in [2.45, 2.75) is 94.5 Å². The Kier molecular flexibility index (Phi) is 9.93. The molecule has 2 bridgehead atoms.